The molecule has 6 heteroatoms. The van der Waals surface area contributed by atoms with Crippen LogP contribution in [0.5, 0.6) is 0 Å². The predicted molar refractivity (Wildman–Crippen MR) is 63.0 cm³/mol. The molecule has 1 atom stereocenters. The Morgan fingerprint density at radius 3 is 2.81 bits per heavy atom. The number of hydrogen-bond acceptors (Lipinski definition) is 4. The zero-order chi connectivity index (χ0) is 11.8. The SMILES string of the molecule is Cc1ccc(S(=O)(=O)N2CCC(CO)C2)s1. The molecule has 1 saturated heterocycles. The van der Waals surface area contributed by atoms with E-state index in [0.717, 1.165) is 11.3 Å². The van der Waals surface area contributed by atoms with Gasteiger partial charge in [0.2, 0.25) is 0 Å². The van der Waals surface area contributed by atoms with Crippen molar-refractivity contribution in [3.63, 3.8) is 0 Å². The topological polar surface area (TPSA) is 57.6 Å². The smallest absolute Gasteiger partial charge is 0.252 e. The number of sulfonamides is 1. The lowest BCUT2D eigenvalue weighted by Crippen LogP contribution is -2.28. The molecular weight excluding hydrogens is 246 g/mol. The number of aryl methyl sites for hydroxylation is 1. The third-order valence-electron chi connectivity index (χ3n) is 2.82. The summed E-state index contributed by atoms with van der Waals surface area (Å²) >= 11 is 1.30. The van der Waals surface area contributed by atoms with Crippen LogP contribution >= 0.6 is 11.3 Å². The molecule has 0 spiro atoms. The maximum atomic E-state index is 12.2. The fourth-order valence-electron chi connectivity index (χ4n) is 1.84. The van der Waals surface area contributed by atoms with Gasteiger partial charge in [0.25, 0.3) is 10.0 Å². The van der Waals surface area contributed by atoms with Gasteiger partial charge < -0.3 is 5.11 Å². The molecule has 2 heterocycles. The molecule has 1 aliphatic rings. The average molecular weight is 261 g/mol. The van der Waals surface area contributed by atoms with E-state index in [-0.39, 0.29) is 12.5 Å². The first-order valence-electron chi connectivity index (χ1n) is 5.21. The number of rotatable bonds is 3. The molecule has 0 amide bonds. The number of nitrogens with zero attached hydrogens (tertiary/aromatic N) is 1. The van der Waals surface area contributed by atoms with Gasteiger partial charge >= 0.3 is 0 Å². The van der Waals surface area contributed by atoms with Crippen LogP contribution in [-0.4, -0.2) is 37.5 Å². The van der Waals surface area contributed by atoms with Gasteiger partial charge in [-0.3, -0.25) is 0 Å². The highest BCUT2D eigenvalue weighted by Gasteiger charge is 2.32. The molecule has 1 N–H and O–H groups in total. The molecule has 1 aromatic rings. The van der Waals surface area contributed by atoms with E-state index in [0.29, 0.717) is 17.3 Å². The fraction of sp³-hybridized carbons (Fsp3) is 0.600. The Morgan fingerprint density at radius 2 is 2.31 bits per heavy atom. The minimum Gasteiger partial charge on any atom is -0.396 e. The van der Waals surface area contributed by atoms with Crippen LogP contribution in [0.25, 0.3) is 0 Å². The van der Waals surface area contributed by atoms with Gasteiger partial charge in [0, 0.05) is 24.6 Å². The summed E-state index contributed by atoms with van der Waals surface area (Å²) < 4.78 is 26.2. The lowest BCUT2D eigenvalue weighted by Gasteiger charge is -2.14. The second kappa shape index (κ2) is 4.44. The van der Waals surface area contributed by atoms with Crippen molar-refractivity contribution in [2.75, 3.05) is 19.7 Å². The number of aliphatic hydroxyl groups excluding tert-OH is 1. The van der Waals surface area contributed by atoms with Gasteiger partial charge in [-0.25, -0.2) is 8.42 Å². The van der Waals surface area contributed by atoms with Gasteiger partial charge in [-0.05, 0) is 31.4 Å². The van der Waals surface area contributed by atoms with Gasteiger partial charge in [-0.15, -0.1) is 11.3 Å². The summed E-state index contributed by atoms with van der Waals surface area (Å²) in [5.74, 6) is 0.0934. The summed E-state index contributed by atoms with van der Waals surface area (Å²) in [6, 6.07) is 3.47. The highest BCUT2D eigenvalue weighted by Crippen LogP contribution is 2.28. The third kappa shape index (κ3) is 2.15. The molecule has 90 valence electrons. The summed E-state index contributed by atoms with van der Waals surface area (Å²) in [5, 5.41) is 9.01. The van der Waals surface area contributed by atoms with Crippen molar-refractivity contribution in [3.8, 4) is 0 Å². The van der Waals surface area contributed by atoms with E-state index in [1.165, 1.54) is 15.6 Å². The van der Waals surface area contributed by atoms with Crippen LogP contribution in [0.4, 0.5) is 0 Å². The van der Waals surface area contributed by atoms with Crippen LogP contribution < -0.4 is 0 Å². The van der Waals surface area contributed by atoms with Crippen molar-refractivity contribution < 1.29 is 13.5 Å². The first-order chi connectivity index (χ1) is 7.54. The first-order valence-corrected chi connectivity index (χ1v) is 7.47. The molecule has 0 bridgehead atoms. The van der Waals surface area contributed by atoms with Crippen molar-refractivity contribution in [2.24, 2.45) is 5.92 Å². The normalized spacial score (nSPS) is 22.8. The minimum absolute atomic E-state index is 0.0650. The molecule has 0 aromatic carbocycles. The first kappa shape index (κ1) is 12.0. The van der Waals surface area contributed by atoms with E-state index in [4.69, 9.17) is 5.11 Å². The average Bonchev–Trinajstić information content (AvgIpc) is 2.85. The van der Waals surface area contributed by atoms with Crippen molar-refractivity contribution in [2.45, 2.75) is 17.6 Å². The second-order valence-electron chi connectivity index (χ2n) is 4.07. The zero-order valence-corrected chi connectivity index (χ0v) is 10.7. The lowest BCUT2D eigenvalue weighted by atomic mass is 10.1. The van der Waals surface area contributed by atoms with Gasteiger partial charge in [-0.2, -0.15) is 4.31 Å². The molecule has 0 saturated carbocycles. The Labute approximate surface area is 99.6 Å². The van der Waals surface area contributed by atoms with Crippen molar-refractivity contribution in [1.82, 2.24) is 4.31 Å². The quantitative estimate of drug-likeness (QED) is 0.885. The predicted octanol–water partition coefficient (Wildman–Crippen LogP) is 1.06. The number of thiophene rings is 1. The van der Waals surface area contributed by atoms with Crippen LogP contribution in [0.3, 0.4) is 0 Å². The Balaban J connectivity index is 2.21. The molecule has 0 aliphatic carbocycles. The fourth-order valence-corrected chi connectivity index (χ4v) is 4.81. The van der Waals surface area contributed by atoms with Crippen molar-refractivity contribution >= 4 is 21.4 Å². The molecule has 1 aromatic heterocycles. The Hall–Kier alpha value is -0.430. The second-order valence-corrected chi connectivity index (χ2v) is 7.52. The molecule has 4 nitrogen and oxygen atoms in total. The summed E-state index contributed by atoms with van der Waals surface area (Å²) in [6.45, 7) is 2.92. The zero-order valence-electron chi connectivity index (χ0n) is 9.09. The standard InChI is InChI=1S/C10H15NO3S2/c1-8-2-3-10(15-8)16(13,14)11-5-4-9(6-11)7-12/h2-3,9,12H,4-7H2,1H3. The Morgan fingerprint density at radius 1 is 1.56 bits per heavy atom. The van der Waals surface area contributed by atoms with E-state index >= 15 is 0 Å². The molecule has 2 rings (SSSR count). The summed E-state index contributed by atoms with van der Waals surface area (Å²) in [6.07, 6.45) is 0.750. The van der Waals surface area contributed by atoms with Crippen LogP contribution in [0.2, 0.25) is 0 Å². The molecule has 1 aliphatic heterocycles. The van der Waals surface area contributed by atoms with E-state index in [9.17, 15) is 8.42 Å². The van der Waals surface area contributed by atoms with Crippen LogP contribution in [0, 0.1) is 12.8 Å². The molecule has 1 fully saturated rings. The maximum Gasteiger partial charge on any atom is 0.252 e. The highest BCUT2D eigenvalue weighted by atomic mass is 32.2. The molecular formula is C10H15NO3S2. The van der Waals surface area contributed by atoms with E-state index in [2.05, 4.69) is 0 Å². The monoisotopic (exact) mass is 261 g/mol. The van der Waals surface area contributed by atoms with Gasteiger partial charge in [0.1, 0.15) is 4.21 Å². The Kier molecular flexibility index (Phi) is 3.34. The number of aliphatic hydroxyl groups is 1. The molecule has 16 heavy (non-hydrogen) atoms. The summed E-state index contributed by atoms with van der Waals surface area (Å²) in [5.41, 5.74) is 0. The molecule has 1 unspecified atom stereocenters. The maximum absolute atomic E-state index is 12.2. The van der Waals surface area contributed by atoms with E-state index in [1.807, 2.05) is 13.0 Å². The van der Waals surface area contributed by atoms with Crippen LogP contribution in [0.1, 0.15) is 11.3 Å². The largest absolute Gasteiger partial charge is 0.396 e. The Bertz CT molecular complexity index is 466. The van der Waals surface area contributed by atoms with Gasteiger partial charge in [0.15, 0.2) is 0 Å². The van der Waals surface area contributed by atoms with Gasteiger partial charge in [0.05, 0.1) is 0 Å². The van der Waals surface area contributed by atoms with Crippen LogP contribution in [0.15, 0.2) is 16.3 Å². The van der Waals surface area contributed by atoms with Crippen molar-refractivity contribution in [3.05, 3.63) is 17.0 Å². The molecule has 0 radical (unpaired) electrons. The summed E-state index contributed by atoms with van der Waals surface area (Å²) in [7, 11) is -3.32. The van der Waals surface area contributed by atoms with Crippen molar-refractivity contribution in [1.29, 1.82) is 0 Å². The van der Waals surface area contributed by atoms with Crippen LogP contribution in [-0.2, 0) is 10.0 Å². The van der Waals surface area contributed by atoms with Gasteiger partial charge in [-0.1, -0.05) is 0 Å². The van der Waals surface area contributed by atoms with E-state index < -0.39 is 10.0 Å². The number of hydrogen-bond donors (Lipinski definition) is 1. The highest BCUT2D eigenvalue weighted by molar-refractivity contribution is 7.91. The van der Waals surface area contributed by atoms with E-state index in [1.54, 1.807) is 6.07 Å². The minimum atomic E-state index is -3.32. The lowest BCUT2D eigenvalue weighted by molar-refractivity contribution is 0.233. The third-order valence-corrected chi connectivity index (χ3v) is 6.15. The summed E-state index contributed by atoms with van der Waals surface area (Å²) in [4.78, 5) is 0.997.